The van der Waals surface area contributed by atoms with Gasteiger partial charge in [0.15, 0.2) is 5.54 Å². The molecule has 0 saturated carbocycles. The minimum atomic E-state index is -4.01. The minimum Gasteiger partial charge on any atom is -0.393 e. The van der Waals surface area contributed by atoms with Gasteiger partial charge in [-0.25, -0.2) is 18.7 Å². The Hall–Kier alpha value is -5.57. The Bertz CT molecular complexity index is 2060. The maximum atomic E-state index is 16.4. The van der Waals surface area contributed by atoms with Crippen LogP contribution in [-0.4, -0.2) is 68.5 Å². The van der Waals surface area contributed by atoms with Gasteiger partial charge in [-0.3, -0.25) is 9.78 Å². The topological polar surface area (TPSA) is 132 Å². The van der Waals surface area contributed by atoms with Crippen LogP contribution in [0, 0.1) is 17.6 Å². The molecule has 0 radical (unpaired) electrons. The smallest absolute Gasteiger partial charge is 0.362 e. The molecular weight excluding hydrogens is 680 g/mol. The SMILES string of the molecule is CCC(C(=O)Nc1ccc(N2CCN(c3ccc(-c4ccc(C(F)(F)[C@@](C)(c5ccc(F)cc5F)n5nn[nH]c5=O)nc4)cc3)CC2)cc1)C(C)O. The van der Waals surface area contributed by atoms with E-state index in [1.165, 1.54) is 12.3 Å². The van der Waals surface area contributed by atoms with Gasteiger partial charge in [-0.15, -0.1) is 0 Å². The Morgan fingerprint density at radius 3 is 2.02 bits per heavy atom. The van der Waals surface area contributed by atoms with Gasteiger partial charge in [-0.1, -0.05) is 31.2 Å². The molecule has 3 heterocycles. The van der Waals surface area contributed by atoms with Crippen molar-refractivity contribution in [3.05, 3.63) is 118 Å². The number of H-pyrrole nitrogens is 1. The van der Waals surface area contributed by atoms with Gasteiger partial charge in [0.25, 0.3) is 0 Å². The number of benzene rings is 3. The molecule has 1 saturated heterocycles. The van der Waals surface area contributed by atoms with Crippen LogP contribution in [0.3, 0.4) is 0 Å². The van der Waals surface area contributed by atoms with E-state index in [-0.39, 0.29) is 5.91 Å². The van der Waals surface area contributed by atoms with Crippen LogP contribution in [0.4, 0.5) is 34.6 Å². The third-order valence-corrected chi connectivity index (χ3v) is 9.75. The minimum absolute atomic E-state index is 0.207. The molecule has 0 aliphatic carbocycles. The highest BCUT2D eigenvalue weighted by atomic mass is 19.3. The fraction of sp³-hybridized carbons (Fsp3) is 0.324. The number of aliphatic hydroxyl groups is 1. The zero-order chi connectivity index (χ0) is 37.2. The number of piperazine rings is 1. The maximum Gasteiger partial charge on any atom is 0.362 e. The van der Waals surface area contributed by atoms with Crippen LogP contribution in [0.2, 0.25) is 0 Å². The Balaban J connectivity index is 1.12. The second-order valence-electron chi connectivity index (χ2n) is 12.9. The Morgan fingerprint density at radius 1 is 0.923 bits per heavy atom. The number of carbonyl (C=O) groups is 1. The van der Waals surface area contributed by atoms with E-state index in [9.17, 15) is 23.5 Å². The zero-order valence-corrected chi connectivity index (χ0v) is 28.7. The van der Waals surface area contributed by atoms with E-state index in [1.54, 1.807) is 6.92 Å². The first kappa shape index (κ1) is 36.2. The summed E-state index contributed by atoms with van der Waals surface area (Å²) in [6.45, 7) is 7.47. The summed E-state index contributed by atoms with van der Waals surface area (Å²) in [5, 5.41) is 21.5. The molecule has 15 heteroatoms. The summed E-state index contributed by atoms with van der Waals surface area (Å²) in [6, 6.07) is 20.0. The first-order valence-corrected chi connectivity index (χ1v) is 16.8. The van der Waals surface area contributed by atoms with Crippen molar-refractivity contribution >= 4 is 23.0 Å². The van der Waals surface area contributed by atoms with Crippen molar-refractivity contribution in [2.24, 2.45) is 5.92 Å². The summed E-state index contributed by atoms with van der Waals surface area (Å²) >= 11 is 0. The van der Waals surface area contributed by atoms with Gasteiger partial charge in [0.1, 0.15) is 17.3 Å². The van der Waals surface area contributed by atoms with E-state index >= 15 is 8.78 Å². The van der Waals surface area contributed by atoms with Crippen molar-refractivity contribution in [3.63, 3.8) is 0 Å². The molecule has 1 fully saturated rings. The lowest BCUT2D eigenvalue weighted by molar-refractivity contribution is -0.123. The lowest BCUT2D eigenvalue weighted by Gasteiger charge is -2.37. The van der Waals surface area contributed by atoms with Gasteiger partial charge in [0.05, 0.1) is 12.0 Å². The molecule has 2 unspecified atom stereocenters. The fourth-order valence-electron chi connectivity index (χ4n) is 6.61. The molecule has 3 N–H and O–H groups in total. The number of pyridine rings is 1. The number of nitrogens with one attached hydrogen (secondary N) is 2. The molecule has 0 spiro atoms. The van der Waals surface area contributed by atoms with Crippen molar-refractivity contribution in [3.8, 4) is 11.1 Å². The molecule has 1 aliphatic heterocycles. The highest BCUT2D eigenvalue weighted by molar-refractivity contribution is 5.93. The first-order chi connectivity index (χ1) is 24.8. The van der Waals surface area contributed by atoms with Crippen LogP contribution in [0.15, 0.2) is 89.9 Å². The molecule has 1 aliphatic rings. The number of carbonyl (C=O) groups excluding carboxylic acids is 1. The average Bonchev–Trinajstić information content (AvgIpc) is 3.58. The maximum absolute atomic E-state index is 16.4. The van der Waals surface area contributed by atoms with E-state index in [0.29, 0.717) is 28.4 Å². The number of anilines is 3. The van der Waals surface area contributed by atoms with Crippen LogP contribution < -0.4 is 20.8 Å². The molecule has 11 nitrogen and oxygen atoms in total. The summed E-state index contributed by atoms with van der Waals surface area (Å²) in [7, 11) is 0. The van der Waals surface area contributed by atoms with Gasteiger partial charge < -0.3 is 20.2 Å². The average molecular weight is 719 g/mol. The summed E-state index contributed by atoms with van der Waals surface area (Å²) < 4.78 is 61.8. The molecule has 0 bridgehead atoms. The Morgan fingerprint density at radius 2 is 1.52 bits per heavy atom. The van der Waals surface area contributed by atoms with E-state index in [2.05, 4.69) is 30.5 Å². The van der Waals surface area contributed by atoms with Crippen LogP contribution in [0.5, 0.6) is 0 Å². The molecule has 2 aromatic heterocycles. The van der Waals surface area contributed by atoms with Gasteiger partial charge in [0.2, 0.25) is 5.91 Å². The molecule has 1 amide bonds. The normalized spacial score (nSPS) is 15.9. The number of halogens is 4. The number of hydrogen-bond acceptors (Lipinski definition) is 8. The largest absolute Gasteiger partial charge is 0.393 e. The Kier molecular flexibility index (Phi) is 10.2. The number of aliphatic hydroxyl groups excluding tert-OH is 1. The first-order valence-electron chi connectivity index (χ1n) is 16.8. The second kappa shape index (κ2) is 14.6. The van der Waals surface area contributed by atoms with Gasteiger partial charge in [-0.05, 0) is 84.8 Å². The molecule has 52 heavy (non-hydrogen) atoms. The number of hydrogen-bond donors (Lipinski definition) is 3. The van der Waals surface area contributed by atoms with Crippen molar-refractivity contribution in [1.82, 2.24) is 25.2 Å². The van der Waals surface area contributed by atoms with Crippen molar-refractivity contribution < 1.29 is 27.5 Å². The lowest BCUT2D eigenvalue weighted by atomic mass is 9.83. The van der Waals surface area contributed by atoms with E-state index < -0.39 is 52.1 Å². The van der Waals surface area contributed by atoms with Gasteiger partial charge >= 0.3 is 11.6 Å². The third kappa shape index (κ3) is 6.87. The molecule has 6 rings (SSSR count). The summed E-state index contributed by atoms with van der Waals surface area (Å²) in [5.41, 5.74) is -1.30. The highest BCUT2D eigenvalue weighted by Gasteiger charge is 2.58. The number of aromatic amines is 1. The van der Waals surface area contributed by atoms with E-state index in [1.807, 2.05) is 60.6 Å². The van der Waals surface area contributed by atoms with Crippen molar-refractivity contribution in [2.75, 3.05) is 41.3 Å². The van der Waals surface area contributed by atoms with Crippen molar-refractivity contribution in [1.29, 1.82) is 0 Å². The van der Waals surface area contributed by atoms with E-state index in [0.717, 1.165) is 68.2 Å². The number of alkyl halides is 2. The lowest BCUT2D eigenvalue weighted by Crippen LogP contribution is -2.52. The molecule has 3 aromatic carbocycles. The number of tetrazole rings is 1. The monoisotopic (exact) mass is 718 g/mol. The van der Waals surface area contributed by atoms with Crippen LogP contribution in [0.1, 0.15) is 38.4 Å². The van der Waals surface area contributed by atoms with Crippen molar-refractivity contribution in [2.45, 2.75) is 44.8 Å². The summed E-state index contributed by atoms with van der Waals surface area (Å²) in [4.78, 5) is 33.5. The number of amides is 1. The van der Waals surface area contributed by atoms with Gasteiger partial charge in [0, 0.05) is 66.6 Å². The second-order valence-corrected chi connectivity index (χ2v) is 12.9. The van der Waals surface area contributed by atoms with Gasteiger partial charge in [-0.2, -0.15) is 13.5 Å². The molecule has 5 aromatic rings. The van der Waals surface area contributed by atoms with Crippen LogP contribution in [0.25, 0.3) is 11.1 Å². The van der Waals surface area contributed by atoms with Crippen LogP contribution >= 0.6 is 0 Å². The highest BCUT2D eigenvalue weighted by Crippen LogP contribution is 2.47. The molecule has 272 valence electrons. The predicted molar refractivity (Wildman–Crippen MR) is 188 cm³/mol. The number of nitrogens with zero attached hydrogens (tertiary/aromatic N) is 6. The summed E-state index contributed by atoms with van der Waals surface area (Å²) in [6.07, 6.45) is 1.09. The third-order valence-electron chi connectivity index (χ3n) is 9.75. The zero-order valence-electron chi connectivity index (χ0n) is 28.7. The number of rotatable bonds is 11. The predicted octanol–water partition coefficient (Wildman–Crippen LogP) is 5.53. The Labute approximate surface area is 296 Å². The molecule has 3 atom stereocenters. The van der Waals surface area contributed by atoms with Crippen LogP contribution in [-0.2, 0) is 16.3 Å². The standard InChI is InChI=1S/C37H38F4N8O3/c1-4-30(23(2)50)34(51)43-27-9-13-29(14-10-27)48-19-17-47(18-20-48)28-11-5-24(6-12-28)25-7-16-33(42-22-25)37(40,41)36(3,49-35(52)44-45-46-49)31-15-8-26(38)21-32(31)39/h5-16,21-23,30,50H,4,17-20H2,1-3H3,(H,43,51)(H,44,46,52)/t23?,30?,36-/m1/s1. The number of aromatic nitrogens is 5. The molecular formula is C37H38F4N8O3. The summed E-state index contributed by atoms with van der Waals surface area (Å²) in [5.74, 6) is -6.94. The van der Waals surface area contributed by atoms with E-state index in [4.69, 9.17) is 0 Å². The quantitative estimate of drug-likeness (QED) is 0.152. The fourth-order valence-corrected chi connectivity index (χ4v) is 6.61.